The number of carbonyl (C=O) groups is 2. The lowest BCUT2D eigenvalue weighted by molar-refractivity contribution is -0.135. The van der Waals surface area contributed by atoms with Crippen LogP contribution in [0.15, 0.2) is 0 Å². The molecular weight excluding hydrogens is 282 g/mol. The van der Waals surface area contributed by atoms with Gasteiger partial charge in [0, 0.05) is 26.1 Å². The molecule has 0 saturated carbocycles. The number of amides is 2. The zero-order chi connectivity index (χ0) is 13.5. The first-order valence-corrected chi connectivity index (χ1v) is 7.14. The molecule has 2 amide bonds. The van der Waals surface area contributed by atoms with Crippen molar-refractivity contribution in [2.75, 3.05) is 39.4 Å². The third-order valence-electron chi connectivity index (χ3n) is 3.63. The molecule has 1 atom stereocenters. The van der Waals surface area contributed by atoms with Crippen molar-refractivity contribution in [2.24, 2.45) is 0 Å². The number of hydrogen-bond acceptors (Lipinski definition) is 4. The fourth-order valence-corrected chi connectivity index (χ4v) is 2.46. The van der Waals surface area contributed by atoms with Crippen LogP contribution in [-0.2, 0) is 14.3 Å². The molecule has 0 aliphatic carbocycles. The molecule has 0 bridgehead atoms. The Morgan fingerprint density at radius 1 is 1.25 bits per heavy atom. The van der Waals surface area contributed by atoms with Crippen molar-refractivity contribution in [1.29, 1.82) is 0 Å². The average Bonchev–Trinajstić information content (AvgIpc) is 2.49. The van der Waals surface area contributed by atoms with Crippen LogP contribution in [0, 0.1) is 0 Å². The van der Waals surface area contributed by atoms with Crippen LogP contribution in [0.5, 0.6) is 0 Å². The summed E-state index contributed by atoms with van der Waals surface area (Å²) < 4.78 is 5.20. The quantitative estimate of drug-likeness (QED) is 0.762. The molecular formula is C13H24ClN3O3. The van der Waals surface area contributed by atoms with Crippen LogP contribution in [0.25, 0.3) is 0 Å². The Morgan fingerprint density at radius 2 is 2.00 bits per heavy atom. The zero-order valence-corrected chi connectivity index (χ0v) is 12.5. The largest absolute Gasteiger partial charge is 0.378 e. The predicted octanol–water partition coefficient (Wildman–Crippen LogP) is -0.0846. The van der Waals surface area contributed by atoms with E-state index in [0.29, 0.717) is 39.3 Å². The summed E-state index contributed by atoms with van der Waals surface area (Å²) in [6.07, 6.45) is 3.50. The van der Waals surface area contributed by atoms with Gasteiger partial charge in [-0.2, -0.15) is 0 Å². The van der Waals surface area contributed by atoms with E-state index < -0.39 is 0 Å². The van der Waals surface area contributed by atoms with E-state index >= 15 is 0 Å². The van der Waals surface area contributed by atoms with E-state index in [-0.39, 0.29) is 30.3 Å². The standard InChI is InChI=1S/C13H23N3O3.ClH/c17-12(16-7-9-19-10-8-16)4-6-15-13(18)11-3-1-2-5-14-11;/h11,14H,1-10H2,(H,15,18);1H/t11-;/m0./s1. The minimum atomic E-state index is -0.0766. The van der Waals surface area contributed by atoms with E-state index in [1.807, 2.05) is 0 Å². The van der Waals surface area contributed by atoms with Crippen LogP contribution in [-0.4, -0.2) is 62.1 Å². The molecule has 0 aromatic heterocycles. The van der Waals surface area contributed by atoms with Gasteiger partial charge >= 0.3 is 0 Å². The second-order valence-electron chi connectivity index (χ2n) is 5.04. The number of nitrogens with zero attached hydrogens (tertiary/aromatic N) is 1. The zero-order valence-electron chi connectivity index (χ0n) is 11.7. The molecule has 7 heteroatoms. The molecule has 0 spiro atoms. The SMILES string of the molecule is Cl.O=C(NCCC(=O)N1CCOCC1)[C@@H]1CCCCN1. The van der Waals surface area contributed by atoms with E-state index in [9.17, 15) is 9.59 Å². The first kappa shape index (κ1) is 17.2. The van der Waals surface area contributed by atoms with Crippen molar-refractivity contribution in [3.63, 3.8) is 0 Å². The van der Waals surface area contributed by atoms with Crippen molar-refractivity contribution in [1.82, 2.24) is 15.5 Å². The molecule has 0 aromatic carbocycles. The van der Waals surface area contributed by atoms with E-state index in [4.69, 9.17) is 4.74 Å². The van der Waals surface area contributed by atoms with Gasteiger partial charge in [-0.25, -0.2) is 0 Å². The molecule has 116 valence electrons. The van der Waals surface area contributed by atoms with E-state index in [1.54, 1.807) is 4.90 Å². The smallest absolute Gasteiger partial charge is 0.237 e. The Bertz CT molecular complexity index is 286. The van der Waals surface area contributed by atoms with Crippen molar-refractivity contribution in [2.45, 2.75) is 31.7 Å². The van der Waals surface area contributed by atoms with Gasteiger partial charge in [0.15, 0.2) is 0 Å². The molecule has 0 aromatic rings. The van der Waals surface area contributed by atoms with E-state index in [2.05, 4.69) is 10.6 Å². The fraction of sp³-hybridized carbons (Fsp3) is 0.846. The summed E-state index contributed by atoms with van der Waals surface area (Å²) in [5.74, 6) is 0.120. The summed E-state index contributed by atoms with van der Waals surface area (Å²) in [6.45, 7) is 3.89. The van der Waals surface area contributed by atoms with Crippen molar-refractivity contribution >= 4 is 24.2 Å². The first-order valence-electron chi connectivity index (χ1n) is 7.14. The maximum Gasteiger partial charge on any atom is 0.237 e. The molecule has 2 fully saturated rings. The first-order chi connectivity index (χ1) is 9.27. The van der Waals surface area contributed by atoms with Crippen LogP contribution in [0.2, 0.25) is 0 Å². The molecule has 0 radical (unpaired) electrons. The van der Waals surface area contributed by atoms with E-state index in [0.717, 1.165) is 25.8 Å². The van der Waals surface area contributed by atoms with Crippen LogP contribution in [0.3, 0.4) is 0 Å². The predicted molar refractivity (Wildman–Crippen MR) is 77.9 cm³/mol. The number of nitrogens with one attached hydrogen (secondary N) is 2. The summed E-state index contributed by atoms with van der Waals surface area (Å²) in [4.78, 5) is 25.5. The van der Waals surface area contributed by atoms with Gasteiger partial charge in [-0.1, -0.05) is 6.42 Å². The number of halogens is 1. The number of morpholine rings is 1. The van der Waals surface area contributed by atoms with Gasteiger partial charge in [-0.05, 0) is 19.4 Å². The summed E-state index contributed by atoms with van der Waals surface area (Å²) >= 11 is 0. The molecule has 2 saturated heterocycles. The Hall–Kier alpha value is -0.850. The molecule has 2 aliphatic rings. The highest BCUT2D eigenvalue weighted by Crippen LogP contribution is 2.06. The highest BCUT2D eigenvalue weighted by Gasteiger charge is 2.21. The highest BCUT2D eigenvalue weighted by atomic mass is 35.5. The van der Waals surface area contributed by atoms with Crippen LogP contribution in [0.4, 0.5) is 0 Å². The molecule has 2 rings (SSSR count). The summed E-state index contributed by atoms with van der Waals surface area (Å²) in [6, 6.07) is -0.0766. The Kier molecular flexibility index (Phi) is 7.87. The minimum absolute atomic E-state index is 0. The Labute approximate surface area is 126 Å². The molecule has 2 heterocycles. The molecule has 20 heavy (non-hydrogen) atoms. The number of piperidine rings is 1. The number of ether oxygens (including phenoxy) is 1. The topological polar surface area (TPSA) is 70.7 Å². The van der Waals surface area contributed by atoms with Crippen LogP contribution >= 0.6 is 12.4 Å². The van der Waals surface area contributed by atoms with Gasteiger partial charge in [0.25, 0.3) is 0 Å². The van der Waals surface area contributed by atoms with Crippen molar-refractivity contribution in [3.8, 4) is 0 Å². The number of carbonyl (C=O) groups excluding carboxylic acids is 2. The maximum atomic E-state index is 11.9. The fourth-order valence-electron chi connectivity index (χ4n) is 2.46. The van der Waals surface area contributed by atoms with Gasteiger partial charge in [-0.15, -0.1) is 12.4 Å². The van der Waals surface area contributed by atoms with Gasteiger partial charge in [-0.3, -0.25) is 9.59 Å². The van der Waals surface area contributed by atoms with Gasteiger partial charge < -0.3 is 20.3 Å². The lowest BCUT2D eigenvalue weighted by Crippen LogP contribution is -2.47. The highest BCUT2D eigenvalue weighted by molar-refractivity contribution is 5.85. The van der Waals surface area contributed by atoms with Gasteiger partial charge in [0.1, 0.15) is 0 Å². The van der Waals surface area contributed by atoms with E-state index in [1.165, 1.54) is 0 Å². The van der Waals surface area contributed by atoms with Gasteiger partial charge in [0.05, 0.1) is 19.3 Å². The van der Waals surface area contributed by atoms with Crippen LogP contribution < -0.4 is 10.6 Å². The van der Waals surface area contributed by atoms with Crippen LogP contribution in [0.1, 0.15) is 25.7 Å². The summed E-state index contributed by atoms with van der Waals surface area (Å²) in [5.41, 5.74) is 0. The second-order valence-corrected chi connectivity index (χ2v) is 5.04. The third kappa shape index (κ3) is 5.26. The molecule has 6 nitrogen and oxygen atoms in total. The molecule has 2 aliphatic heterocycles. The maximum absolute atomic E-state index is 11.9. The third-order valence-corrected chi connectivity index (χ3v) is 3.63. The Balaban J connectivity index is 0.00000200. The normalized spacial score (nSPS) is 22.8. The second kappa shape index (κ2) is 9.15. The minimum Gasteiger partial charge on any atom is -0.378 e. The molecule has 0 unspecified atom stereocenters. The number of hydrogen-bond donors (Lipinski definition) is 2. The molecule has 2 N–H and O–H groups in total. The summed E-state index contributed by atoms with van der Waals surface area (Å²) in [5, 5.41) is 6.04. The van der Waals surface area contributed by atoms with Gasteiger partial charge in [0.2, 0.25) is 11.8 Å². The lowest BCUT2D eigenvalue weighted by atomic mass is 10.0. The van der Waals surface area contributed by atoms with Crippen molar-refractivity contribution < 1.29 is 14.3 Å². The summed E-state index contributed by atoms with van der Waals surface area (Å²) in [7, 11) is 0. The average molecular weight is 306 g/mol. The monoisotopic (exact) mass is 305 g/mol. The Morgan fingerprint density at radius 3 is 2.65 bits per heavy atom. The van der Waals surface area contributed by atoms with Crippen molar-refractivity contribution in [3.05, 3.63) is 0 Å². The number of rotatable bonds is 4. The lowest BCUT2D eigenvalue weighted by Gasteiger charge is -2.27.